The number of amides is 1. The van der Waals surface area contributed by atoms with E-state index < -0.39 is 0 Å². The largest absolute Gasteiger partial charge is 0.351 e. The van der Waals surface area contributed by atoms with E-state index in [9.17, 15) is 14.4 Å². The summed E-state index contributed by atoms with van der Waals surface area (Å²) in [6.45, 7) is 1.98. The maximum atomic E-state index is 13.5. The fraction of sp³-hybridized carbons (Fsp3) is 0.350. The van der Waals surface area contributed by atoms with Crippen LogP contribution in [0.1, 0.15) is 40.8 Å². The van der Waals surface area contributed by atoms with Crippen LogP contribution < -0.4 is 5.32 Å². The van der Waals surface area contributed by atoms with E-state index in [-0.39, 0.29) is 24.0 Å². The number of nitrogens with one attached hydrogen (secondary N) is 1. The number of carbonyl (C=O) groups is 1. The molecule has 1 amide bonds. The number of fused-ring (bicyclic) bond motifs is 1. The Hall–Kier alpha value is -2.39. The van der Waals surface area contributed by atoms with Gasteiger partial charge in [-0.15, -0.1) is 0 Å². The summed E-state index contributed by atoms with van der Waals surface area (Å²) in [4.78, 5) is 16.7. The van der Waals surface area contributed by atoms with E-state index in [1.54, 1.807) is 19.1 Å². The fourth-order valence-electron chi connectivity index (χ4n) is 2.94. The Morgan fingerprint density at radius 1 is 1.35 bits per heavy atom. The van der Waals surface area contributed by atoms with Crippen LogP contribution in [-0.4, -0.2) is 16.6 Å². The number of benzene rings is 1. The summed E-state index contributed by atoms with van der Waals surface area (Å²) < 4.78 is 13.5. The molecule has 0 fully saturated rings. The molecule has 0 bridgehead atoms. The molecule has 0 radical (unpaired) electrons. The van der Waals surface area contributed by atoms with Crippen LogP contribution in [-0.2, 0) is 24.2 Å². The first-order valence-corrected chi connectivity index (χ1v) is 9.63. The Kier molecular flexibility index (Phi) is 5.89. The SMILES string of the molecule is Cc1ccc(CNC(=O)CSc2nc3c(cc2C#N)CCCC3)cc1F. The third-order valence-corrected chi connectivity index (χ3v) is 5.44. The second-order valence-electron chi connectivity index (χ2n) is 6.41. The molecule has 26 heavy (non-hydrogen) atoms. The van der Waals surface area contributed by atoms with Gasteiger partial charge in [0, 0.05) is 12.2 Å². The van der Waals surface area contributed by atoms with Crippen molar-refractivity contribution in [2.45, 2.75) is 44.2 Å². The van der Waals surface area contributed by atoms with E-state index >= 15 is 0 Å². The quantitative estimate of drug-likeness (QED) is 0.817. The Morgan fingerprint density at radius 2 is 2.15 bits per heavy atom. The monoisotopic (exact) mass is 369 g/mol. The summed E-state index contributed by atoms with van der Waals surface area (Å²) in [7, 11) is 0. The van der Waals surface area contributed by atoms with Crippen molar-refractivity contribution >= 4 is 17.7 Å². The molecule has 0 aliphatic heterocycles. The molecule has 1 aliphatic carbocycles. The predicted octanol–water partition coefficient (Wildman–Crippen LogP) is 3.69. The second kappa shape index (κ2) is 8.33. The van der Waals surface area contributed by atoms with E-state index in [1.165, 1.54) is 17.8 Å². The van der Waals surface area contributed by atoms with Crippen molar-refractivity contribution in [3.05, 3.63) is 58.0 Å². The highest BCUT2D eigenvalue weighted by Gasteiger charge is 2.16. The third-order valence-electron chi connectivity index (χ3n) is 4.45. The minimum atomic E-state index is -0.275. The minimum Gasteiger partial charge on any atom is -0.351 e. The van der Waals surface area contributed by atoms with Crippen LogP contribution >= 0.6 is 11.8 Å². The number of aromatic nitrogens is 1. The number of nitriles is 1. The van der Waals surface area contributed by atoms with Gasteiger partial charge in [0.15, 0.2) is 0 Å². The zero-order valence-corrected chi connectivity index (χ0v) is 15.5. The Balaban J connectivity index is 1.59. The molecular weight excluding hydrogens is 349 g/mol. The smallest absolute Gasteiger partial charge is 0.230 e. The molecule has 134 valence electrons. The van der Waals surface area contributed by atoms with Crippen LogP contribution in [0.3, 0.4) is 0 Å². The number of thioether (sulfide) groups is 1. The van der Waals surface area contributed by atoms with Crippen LogP contribution in [0.4, 0.5) is 4.39 Å². The van der Waals surface area contributed by atoms with E-state index in [1.807, 2.05) is 6.07 Å². The van der Waals surface area contributed by atoms with Gasteiger partial charge in [-0.1, -0.05) is 23.9 Å². The molecule has 2 aromatic rings. The molecule has 1 aromatic heterocycles. The van der Waals surface area contributed by atoms with E-state index in [4.69, 9.17) is 0 Å². The van der Waals surface area contributed by atoms with E-state index in [0.29, 0.717) is 16.2 Å². The van der Waals surface area contributed by atoms with Gasteiger partial charge in [-0.2, -0.15) is 5.26 Å². The van der Waals surface area contributed by atoms with Crippen LogP contribution in [0.5, 0.6) is 0 Å². The molecule has 0 spiro atoms. The first-order chi connectivity index (χ1) is 12.6. The maximum absolute atomic E-state index is 13.5. The molecule has 1 aromatic carbocycles. The van der Waals surface area contributed by atoms with Crippen LogP contribution in [0.25, 0.3) is 0 Å². The number of pyridine rings is 1. The topological polar surface area (TPSA) is 65.8 Å². The van der Waals surface area contributed by atoms with Gasteiger partial charge in [0.05, 0.1) is 11.3 Å². The predicted molar refractivity (Wildman–Crippen MR) is 99.3 cm³/mol. The van der Waals surface area contributed by atoms with Crippen molar-refractivity contribution in [2.75, 3.05) is 5.75 Å². The average Bonchev–Trinajstić information content (AvgIpc) is 2.66. The first kappa shape index (κ1) is 18.4. The van der Waals surface area contributed by atoms with Gasteiger partial charge in [0.1, 0.15) is 16.9 Å². The van der Waals surface area contributed by atoms with Crippen LogP contribution in [0.15, 0.2) is 29.3 Å². The van der Waals surface area contributed by atoms with Crippen LogP contribution in [0, 0.1) is 24.1 Å². The van der Waals surface area contributed by atoms with Gasteiger partial charge in [0.2, 0.25) is 5.91 Å². The molecule has 3 rings (SSSR count). The first-order valence-electron chi connectivity index (χ1n) is 8.64. The molecule has 6 heteroatoms. The lowest BCUT2D eigenvalue weighted by Crippen LogP contribution is -2.24. The van der Waals surface area contributed by atoms with Crippen molar-refractivity contribution < 1.29 is 9.18 Å². The fourth-order valence-corrected chi connectivity index (χ4v) is 3.74. The highest BCUT2D eigenvalue weighted by molar-refractivity contribution is 8.00. The Bertz CT molecular complexity index is 876. The second-order valence-corrected chi connectivity index (χ2v) is 7.38. The lowest BCUT2D eigenvalue weighted by molar-refractivity contribution is -0.118. The molecule has 0 saturated carbocycles. The zero-order valence-electron chi connectivity index (χ0n) is 14.6. The summed E-state index contributed by atoms with van der Waals surface area (Å²) in [6.07, 6.45) is 4.15. The summed E-state index contributed by atoms with van der Waals surface area (Å²) in [5, 5.41) is 12.7. The highest BCUT2D eigenvalue weighted by Crippen LogP contribution is 2.27. The Morgan fingerprint density at radius 3 is 2.92 bits per heavy atom. The summed E-state index contributed by atoms with van der Waals surface area (Å²) >= 11 is 1.27. The molecule has 1 aliphatic rings. The average molecular weight is 369 g/mol. The van der Waals surface area contributed by atoms with Gasteiger partial charge in [-0.3, -0.25) is 4.79 Å². The molecule has 0 atom stereocenters. The van der Waals surface area contributed by atoms with Crippen molar-refractivity contribution in [3.63, 3.8) is 0 Å². The summed E-state index contributed by atoms with van der Waals surface area (Å²) in [5.41, 5.74) is 4.04. The normalized spacial score (nSPS) is 13.0. The highest BCUT2D eigenvalue weighted by atomic mass is 32.2. The number of rotatable bonds is 5. The van der Waals surface area contributed by atoms with Gasteiger partial charge in [-0.05, 0) is 61.4 Å². The van der Waals surface area contributed by atoms with Crippen LogP contribution in [0.2, 0.25) is 0 Å². The van der Waals surface area contributed by atoms with Crippen molar-refractivity contribution in [1.29, 1.82) is 5.26 Å². The molecular formula is C20H20FN3OS. The number of halogens is 1. The minimum absolute atomic E-state index is 0.167. The maximum Gasteiger partial charge on any atom is 0.230 e. The Labute approximate surface area is 156 Å². The summed E-state index contributed by atoms with van der Waals surface area (Å²) in [6, 6.07) is 9.02. The molecule has 0 unspecified atom stereocenters. The number of carbonyl (C=O) groups excluding carboxylic acids is 1. The van der Waals surface area contributed by atoms with Gasteiger partial charge >= 0.3 is 0 Å². The van der Waals surface area contributed by atoms with Gasteiger partial charge in [-0.25, -0.2) is 9.37 Å². The number of aryl methyl sites for hydroxylation is 3. The molecule has 1 N–H and O–H groups in total. The van der Waals surface area contributed by atoms with Gasteiger partial charge < -0.3 is 5.32 Å². The van der Waals surface area contributed by atoms with Gasteiger partial charge in [0.25, 0.3) is 0 Å². The number of hydrogen-bond donors (Lipinski definition) is 1. The molecule has 0 saturated heterocycles. The van der Waals surface area contributed by atoms with E-state index in [2.05, 4.69) is 16.4 Å². The van der Waals surface area contributed by atoms with Crippen molar-refractivity contribution in [3.8, 4) is 6.07 Å². The lowest BCUT2D eigenvalue weighted by Gasteiger charge is -2.16. The van der Waals surface area contributed by atoms with Crippen molar-refractivity contribution in [2.24, 2.45) is 0 Å². The zero-order chi connectivity index (χ0) is 18.5. The number of nitrogens with zero attached hydrogens (tertiary/aromatic N) is 2. The van der Waals surface area contributed by atoms with E-state index in [0.717, 1.165) is 42.5 Å². The standard InChI is InChI=1S/C20H20FN3OS/c1-13-6-7-14(8-17(13)21)11-23-19(25)12-26-20-16(10-22)9-15-4-2-3-5-18(15)24-20/h6-9H,2-5,11-12H2,1H3,(H,23,25). The third kappa shape index (κ3) is 4.41. The number of hydrogen-bond acceptors (Lipinski definition) is 4. The lowest BCUT2D eigenvalue weighted by atomic mass is 9.95. The van der Waals surface area contributed by atoms with Crippen molar-refractivity contribution in [1.82, 2.24) is 10.3 Å². The summed E-state index contributed by atoms with van der Waals surface area (Å²) in [5.74, 6) is -0.267. The molecule has 1 heterocycles. The molecule has 4 nitrogen and oxygen atoms in total.